The van der Waals surface area contributed by atoms with Gasteiger partial charge in [-0.2, -0.15) is 0 Å². The molecule has 2 heterocycles. The van der Waals surface area contributed by atoms with Gasteiger partial charge in [-0.3, -0.25) is 4.99 Å². The fourth-order valence-electron chi connectivity index (χ4n) is 2.92. The monoisotopic (exact) mass is 383 g/mol. The fraction of sp³-hybridized carbons (Fsp3) is 0.688. The maximum Gasteiger partial charge on any atom is 0.225 e. The van der Waals surface area contributed by atoms with Gasteiger partial charge in [-0.15, -0.1) is 0 Å². The van der Waals surface area contributed by atoms with Crippen molar-refractivity contribution >= 4 is 21.9 Å². The third-order valence-corrected chi connectivity index (χ3v) is 5.69. The number of hydrogen-bond donors (Lipinski definition) is 1. The number of piperazine rings is 1. The van der Waals surface area contributed by atoms with Gasteiger partial charge in [0.1, 0.15) is 0 Å². The van der Waals surface area contributed by atoms with E-state index in [1.165, 1.54) is 10.6 Å². The van der Waals surface area contributed by atoms with Crippen LogP contribution in [0.1, 0.15) is 13.3 Å². The van der Waals surface area contributed by atoms with Gasteiger partial charge in [0.05, 0.1) is 6.26 Å². The number of rotatable bonds is 7. The molecule has 1 aromatic rings. The molecule has 0 radical (unpaired) electrons. The van der Waals surface area contributed by atoms with Crippen molar-refractivity contribution in [2.45, 2.75) is 13.3 Å². The van der Waals surface area contributed by atoms with E-state index in [0.717, 1.165) is 44.5 Å². The molecule has 9 nitrogen and oxygen atoms in total. The van der Waals surface area contributed by atoms with E-state index < -0.39 is 10.0 Å². The van der Waals surface area contributed by atoms with E-state index in [1.807, 2.05) is 13.0 Å². The van der Waals surface area contributed by atoms with Crippen molar-refractivity contribution in [2.75, 3.05) is 64.0 Å². The molecule has 1 aliphatic heterocycles. The van der Waals surface area contributed by atoms with E-state index in [2.05, 4.69) is 30.1 Å². The molecule has 1 aromatic heterocycles. The Balaban J connectivity index is 1.76. The SMILES string of the molecule is CCN(CCCNC(=NC)N1CCN(c2ncccn2)CC1)S(C)(=O)=O. The molecule has 10 heteroatoms. The van der Waals surface area contributed by atoms with E-state index >= 15 is 0 Å². The number of nitrogens with zero attached hydrogens (tertiary/aromatic N) is 6. The summed E-state index contributed by atoms with van der Waals surface area (Å²) in [6.45, 7) is 6.88. The number of nitrogens with one attached hydrogen (secondary N) is 1. The summed E-state index contributed by atoms with van der Waals surface area (Å²) < 4.78 is 24.7. The normalized spacial score (nSPS) is 16.2. The minimum atomic E-state index is -3.13. The second-order valence-electron chi connectivity index (χ2n) is 6.11. The first-order valence-electron chi connectivity index (χ1n) is 8.88. The fourth-order valence-corrected chi connectivity index (χ4v) is 3.85. The molecule has 0 aliphatic carbocycles. The van der Waals surface area contributed by atoms with E-state index in [1.54, 1.807) is 19.4 Å². The maximum absolute atomic E-state index is 11.6. The number of aliphatic imine (C=N–C) groups is 1. The molecule has 0 atom stereocenters. The first-order chi connectivity index (χ1) is 12.5. The molecule has 1 fully saturated rings. The molecule has 0 spiro atoms. The molecular formula is C16H29N7O2S. The summed E-state index contributed by atoms with van der Waals surface area (Å²) in [6, 6.07) is 1.81. The molecule has 26 heavy (non-hydrogen) atoms. The van der Waals surface area contributed by atoms with Crippen LogP contribution in [0.5, 0.6) is 0 Å². The van der Waals surface area contributed by atoms with Gasteiger partial charge in [-0.1, -0.05) is 6.92 Å². The summed E-state index contributed by atoms with van der Waals surface area (Å²) in [5.74, 6) is 1.61. The highest BCUT2D eigenvalue weighted by atomic mass is 32.2. The molecule has 146 valence electrons. The minimum absolute atomic E-state index is 0.497. The molecule has 0 unspecified atom stereocenters. The quantitative estimate of drug-likeness (QED) is 0.397. The first-order valence-corrected chi connectivity index (χ1v) is 10.7. The summed E-state index contributed by atoms with van der Waals surface area (Å²) in [4.78, 5) is 17.3. The predicted molar refractivity (Wildman–Crippen MR) is 104 cm³/mol. The van der Waals surface area contributed by atoms with Crippen LogP contribution in [0.2, 0.25) is 0 Å². The summed E-state index contributed by atoms with van der Waals surface area (Å²) in [6.07, 6.45) is 5.49. The molecule has 2 rings (SSSR count). The Kier molecular flexibility index (Phi) is 7.58. The van der Waals surface area contributed by atoms with Crippen LogP contribution in [-0.2, 0) is 10.0 Å². The number of sulfonamides is 1. The zero-order valence-electron chi connectivity index (χ0n) is 15.8. The second-order valence-corrected chi connectivity index (χ2v) is 8.09. The van der Waals surface area contributed by atoms with Crippen molar-refractivity contribution in [1.82, 2.24) is 24.5 Å². The van der Waals surface area contributed by atoms with Crippen LogP contribution >= 0.6 is 0 Å². The van der Waals surface area contributed by atoms with Gasteiger partial charge in [0, 0.05) is 65.3 Å². The lowest BCUT2D eigenvalue weighted by molar-refractivity contribution is 0.367. The van der Waals surface area contributed by atoms with Gasteiger partial charge in [-0.25, -0.2) is 22.7 Å². The topological polar surface area (TPSA) is 94.0 Å². The maximum atomic E-state index is 11.6. The summed E-state index contributed by atoms with van der Waals surface area (Å²) in [5, 5.41) is 3.33. The van der Waals surface area contributed by atoms with Crippen LogP contribution in [-0.4, -0.2) is 92.7 Å². The van der Waals surface area contributed by atoms with Gasteiger partial charge in [0.25, 0.3) is 0 Å². The van der Waals surface area contributed by atoms with Crippen LogP contribution in [0.25, 0.3) is 0 Å². The van der Waals surface area contributed by atoms with Gasteiger partial charge >= 0.3 is 0 Å². The lowest BCUT2D eigenvalue weighted by atomic mass is 10.3. The van der Waals surface area contributed by atoms with Crippen LogP contribution in [0.4, 0.5) is 5.95 Å². The molecular weight excluding hydrogens is 354 g/mol. The summed E-state index contributed by atoms with van der Waals surface area (Å²) in [7, 11) is -1.36. The Labute approximate surface area is 156 Å². The Hall–Kier alpha value is -1.94. The first kappa shape index (κ1) is 20.4. The Morgan fingerprint density at radius 3 is 2.46 bits per heavy atom. The van der Waals surface area contributed by atoms with E-state index in [4.69, 9.17) is 0 Å². The lowest BCUT2D eigenvalue weighted by Crippen LogP contribution is -2.53. The molecule has 1 N–H and O–H groups in total. The van der Waals surface area contributed by atoms with Gasteiger partial charge in [-0.05, 0) is 12.5 Å². The average Bonchev–Trinajstić information content (AvgIpc) is 2.65. The molecule has 0 bridgehead atoms. The number of anilines is 1. The van der Waals surface area contributed by atoms with Crippen molar-refractivity contribution in [3.05, 3.63) is 18.5 Å². The third-order valence-electron chi connectivity index (χ3n) is 4.32. The summed E-state index contributed by atoms with van der Waals surface area (Å²) in [5.41, 5.74) is 0. The number of hydrogen-bond acceptors (Lipinski definition) is 6. The molecule has 0 aromatic carbocycles. The summed E-state index contributed by atoms with van der Waals surface area (Å²) >= 11 is 0. The van der Waals surface area contributed by atoms with Crippen molar-refractivity contribution in [2.24, 2.45) is 4.99 Å². The third kappa shape index (κ3) is 5.80. The zero-order valence-corrected chi connectivity index (χ0v) is 16.6. The van der Waals surface area contributed by atoms with Gasteiger partial charge in [0.2, 0.25) is 16.0 Å². The smallest absolute Gasteiger partial charge is 0.225 e. The highest BCUT2D eigenvalue weighted by Crippen LogP contribution is 2.09. The van der Waals surface area contributed by atoms with Gasteiger partial charge in [0.15, 0.2) is 5.96 Å². The zero-order chi connectivity index (χ0) is 19.0. The number of aromatic nitrogens is 2. The lowest BCUT2D eigenvalue weighted by Gasteiger charge is -2.36. The Bertz CT molecular complexity index is 673. The Morgan fingerprint density at radius 1 is 1.27 bits per heavy atom. The van der Waals surface area contributed by atoms with Crippen LogP contribution in [0.3, 0.4) is 0 Å². The van der Waals surface area contributed by atoms with Crippen molar-refractivity contribution < 1.29 is 8.42 Å². The van der Waals surface area contributed by atoms with E-state index in [9.17, 15) is 8.42 Å². The predicted octanol–water partition coefficient (Wildman–Crippen LogP) is -0.154. The van der Waals surface area contributed by atoms with Crippen LogP contribution < -0.4 is 10.2 Å². The van der Waals surface area contributed by atoms with Crippen LogP contribution in [0.15, 0.2) is 23.5 Å². The molecule has 1 aliphatic rings. The van der Waals surface area contributed by atoms with Crippen molar-refractivity contribution in [3.8, 4) is 0 Å². The van der Waals surface area contributed by atoms with Crippen molar-refractivity contribution in [3.63, 3.8) is 0 Å². The molecule has 0 amide bonds. The molecule has 1 saturated heterocycles. The molecule has 0 saturated carbocycles. The highest BCUT2D eigenvalue weighted by Gasteiger charge is 2.21. The number of guanidine groups is 1. The van der Waals surface area contributed by atoms with Crippen molar-refractivity contribution in [1.29, 1.82) is 0 Å². The van der Waals surface area contributed by atoms with E-state index in [-0.39, 0.29) is 0 Å². The van der Waals surface area contributed by atoms with Gasteiger partial charge < -0.3 is 15.1 Å². The largest absolute Gasteiger partial charge is 0.356 e. The average molecular weight is 384 g/mol. The van der Waals surface area contributed by atoms with Crippen LogP contribution in [0, 0.1) is 0 Å². The minimum Gasteiger partial charge on any atom is -0.356 e. The Morgan fingerprint density at radius 2 is 1.92 bits per heavy atom. The second kappa shape index (κ2) is 9.67. The van der Waals surface area contributed by atoms with E-state index in [0.29, 0.717) is 19.6 Å². The standard InChI is InChI=1S/C16H29N7O2S/c1-4-23(26(3,24)25)10-6-9-18-15(17-2)21-11-13-22(14-12-21)16-19-7-5-8-20-16/h5,7-8H,4,6,9-14H2,1-3H3,(H,17,18). The highest BCUT2D eigenvalue weighted by molar-refractivity contribution is 7.88.